The number of amides is 2. The molecule has 1 atom stereocenters. The van der Waals surface area contributed by atoms with Crippen molar-refractivity contribution < 1.29 is 9.90 Å². The minimum Gasteiger partial charge on any atom is -0.389 e. The second-order valence-corrected chi connectivity index (χ2v) is 7.05. The predicted molar refractivity (Wildman–Crippen MR) is 84.3 cm³/mol. The molecule has 0 saturated carbocycles. The van der Waals surface area contributed by atoms with Crippen LogP contribution in [0.25, 0.3) is 0 Å². The molecular formula is C16H23ClN2O2. The number of halogens is 1. The van der Waals surface area contributed by atoms with Crippen LogP contribution in [-0.2, 0) is 6.54 Å². The number of carbonyl (C=O) groups excluding carboxylic acids is 1. The Balaban J connectivity index is 1.91. The van der Waals surface area contributed by atoms with Gasteiger partial charge in [0.1, 0.15) is 0 Å². The molecule has 4 nitrogen and oxygen atoms in total. The van der Waals surface area contributed by atoms with Crippen LogP contribution in [0.5, 0.6) is 0 Å². The topological polar surface area (TPSA) is 52.6 Å². The predicted octanol–water partition coefficient (Wildman–Crippen LogP) is 3.03. The molecule has 0 radical (unpaired) electrons. The number of aliphatic hydroxyl groups is 1. The second-order valence-electron chi connectivity index (χ2n) is 6.61. The zero-order chi connectivity index (χ0) is 15.7. The van der Waals surface area contributed by atoms with Gasteiger partial charge in [-0.15, -0.1) is 0 Å². The average Bonchev–Trinajstić information content (AvgIpc) is 2.41. The fraction of sp³-hybridized carbons (Fsp3) is 0.562. The molecule has 0 aliphatic carbocycles. The first-order chi connectivity index (χ1) is 9.71. The van der Waals surface area contributed by atoms with Crippen LogP contribution >= 0.6 is 11.6 Å². The normalized spacial score (nSPS) is 24.7. The van der Waals surface area contributed by atoms with Gasteiger partial charge in [-0.2, -0.15) is 0 Å². The van der Waals surface area contributed by atoms with Crippen LogP contribution in [0.4, 0.5) is 4.79 Å². The van der Waals surface area contributed by atoms with Crippen LogP contribution in [-0.4, -0.2) is 34.7 Å². The Bertz CT molecular complexity index is 512. The Kier molecular flexibility index (Phi) is 4.49. The quantitative estimate of drug-likeness (QED) is 0.882. The monoisotopic (exact) mass is 310 g/mol. The van der Waals surface area contributed by atoms with Crippen molar-refractivity contribution in [3.8, 4) is 0 Å². The zero-order valence-corrected chi connectivity index (χ0v) is 13.6. The molecule has 5 heteroatoms. The van der Waals surface area contributed by atoms with Gasteiger partial charge in [0.25, 0.3) is 0 Å². The molecule has 21 heavy (non-hydrogen) atoms. The van der Waals surface area contributed by atoms with Crippen LogP contribution in [0.15, 0.2) is 24.3 Å². The summed E-state index contributed by atoms with van der Waals surface area (Å²) in [5.74, 6) is 0. The van der Waals surface area contributed by atoms with Gasteiger partial charge in [0, 0.05) is 30.1 Å². The van der Waals surface area contributed by atoms with Gasteiger partial charge in [-0.25, -0.2) is 4.79 Å². The maximum atomic E-state index is 12.2. The van der Waals surface area contributed by atoms with Gasteiger partial charge >= 0.3 is 6.03 Å². The molecule has 116 valence electrons. The van der Waals surface area contributed by atoms with E-state index in [1.807, 2.05) is 45.0 Å². The molecule has 1 aliphatic rings. The third-order valence-electron chi connectivity index (χ3n) is 4.56. The van der Waals surface area contributed by atoms with Gasteiger partial charge in [0.2, 0.25) is 0 Å². The smallest absolute Gasteiger partial charge is 0.317 e. The molecule has 1 aliphatic heterocycles. The van der Waals surface area contributed by atoms with E-state index in [0.29, 0.717) is 31.1 Å². The molecule has 1 aromatic carbocycles. The fourth-order valence-electron chi connectivity index (χ4n) is 2.48. The zero-order valence-electron chi connectivity index (χ0n) is 12.8. The maximum absolute atomic E-state index is 12.2. The van der Waals surface area contributed by atoms with Gasteiger partial charge in [-0.1, -0.05) is 37.6 Å². The number of piperidine rings is 1. The van der Waals surface area contributed by atoms with Crippen molar-refractivity contribution in [1.29, 1.82) is 0 Å². The number of nitrogens with zero attached hydrogens (tertiary/aromatic N) is 1. The van der Waals surface area contributed by atoms with Crippen LogP contribution < -0.4 is 5.32 Å². The average molecular weight is 311 g/mol. The van der Waals surface area contributed by atoms with E-state index in [2.05, 4.69) is 5.32 Å². The van der Waals surface area contributed by atoms with Crippen molar-refractivity contribution in [1.82, 2.24) is 10.2 Å². The molecule has 0 unspecified atom stereocenters. The summed E-state index contributed by atoms with van der Waals surface area (Å²) in [6, 6.07) is 7.32. The van der Waals surface area contributed by atoms with E-state index >= 15 is 0 Å². The third-order valence-corrected chi connectivity index (χ3v) is 4.81. The van der Waals surface area contributed by atoms with Gasteiger partial charge in [0.05, 0.1) is 5.60 Å². The van der Waals surface area contributed by atoms with E-state index in [1.165, 1.54) is 0 Å². The van der Waals surface area contributed by atoms with E-state index in [9.17, 15) is 9.90 Å². The Labute approximate surface area is 131 Å². The number of benzene rings is 1. The highest BCUT2D eigenvalue weighted by Crippen LogP contribution is 2.38. The highest BCUT2D eigenvalue weighted by molar-refractivity contribution is 6.30. The van der Waals surface area contributed by atoms with E-state index in [0.717, 1.165) is 5.56 Å². The summed E-state index contributed by atoms with van der Waals surface area (Å²) < 4.78 is 0. The molecule has 1 fully saturated rings. The SMILES string of the molecule is CC1(C)CN(C(=O)NCc2ccc(Cl)cc2)CC[C@@]1(C)O. The number of hydrogen-bond acceptors (Lipinski definition) is 2. The van der Waals surface area contributed by atoms with Gasteiger partial charge < -0.3 is 15.3 Å². The molecule has 2 N–H and O–H groups in total. The molecule has 0 aromatic heterocycles. The van der Waals surface area contributed by atoms with Crippen LogP contribution in [0.1, 0.15) is 32.8 Å². The molecular weight excluding hydrogens is 288 g/mol. The van der Waals surface area contributed by atoms with Crippen molar-refractivity contribution in [2.24, 2.45) is 5.41 Å². The highest BCUT2D eigenvalue weighted by Gasteiger charge is 2.45. The lowest BCUT2D eigenvalue weighted by Crippen LogP contribution is -2.58. The van der Waals surface area contributed by atoms with Crippen LogP contribution in [0.2, 0.25) is 5.02 Å². The molecule has 1 heterocycles. The molecule has 1 saturated heterocycles. The summed E-state index contributed by atoms with van der Waals surface area (Å²) in [6.45, 7) is 7.42. The summed E-state index contributed by atoms with van der Waals surface area (Å²) >= 11 is 5.83. The van der Waals surface area contributed by atoms with E-state index in [-0.39, 0.29) is 11.4 Å². The van der Waals surface area contributed by atoms with Crippen molar-refractivity contribution >= 4 is 17.6 Å². The molecule has 2 amide bonds. The molecule has 0 bridgehead atoms. The van der Waals surface area contributed by atoms with Crippen LogP contribution in [0.3, 0.4) is 0 Å². The number of urea groups is 1. The first kappa shape index (κ1) is 16.1. The lowest BCUT2D eigenvalue weighted by Gasteiger charge is -2.48. The Hall–Kier alpha value is -1.26. The summed E-state index contributed by atoms with van der Waals surface area (Å²) in [5, 5.41) is 14.0. The molecule has 1 aromatic rings. The van der Waals surface area contributed by atoms with Gasteiger partial charge in [-0.3, -0.25) is 0 Å². The Morgan fingerprint density at radius 3 is 2.52 bits per heavy atom. The Morgan fingerprint density at radius 2 is 1.95 bits per heavy atom. The summed E-state index contributed by atoms with van der Waals surface area (Å²) in [4.78, 5) is 14.0. The van der Waals surface area contributed by atoms with Crippen molar-refractivity contribution in [2.75, 3.05) is 13.1 Å². The van der Waals surface area contributed by atoms with E-state index in [1.54, 1.807) is 4.90 Å². The lowest BCUT2D eigenvalue weighted by molar-refractivity contribution is -0.0954. The minimum absolute atomic E-state index is 0.0893. The Morgan fingerprint density at radius 1 is 1.33 bits per heavy atom. The lowest BCUT2D eigenvalue weighted by atomic mass is 9.71. The number of rotatable bonds is 2. The number of nitrogens with one attached hydrogen (secondary N) is 1. The molecule has 2 rings (SSSR count). The highest BCUT2D eigenvalue weighted by atomic mass is 35.5. The van der Waals surface area contributed by atoms with Gasteiger partial charge in [-0.05, 0) is 31.0 Å². The van der Waals surface area contributed by atoms with Crippen molar-refractivity contribution in [3.63, 3.8) is 0 Å². The number of carbonyl (C=O) groups is 1. The number of hydrogen-bond donors (Lipinski definition) is 2. The summed E-state index contributed by atoms with van der Waals surface area (Å²) in [6.07, 6.45) is 0.592. The van der Waals surface area contributed by atoms with E-state index < -0.39 is 5.60 Å². The maximum Gasteiger partial charge on any atom is 0.317 e. The van der Waals surface area contributed by atoms with E-state index in [4.69, 9.17) is 11.6 Å². The van der Waals surface area contributed by atoms with Crippen molar-refractivity contribution in [3.05, 3.63) is 34.9 Å². The molecule has 0 spiro atoms. The summed E-state index contributed by atoms with van der Waals surface area (Å²) in [7, 11) is 0. The third kappa shape index (κ3) is 3.69. The van der Waals surface area contributed by atoms with Crippen molar-refractivity contribution in [2.45, 2.75) is 39.3 Å². The number of likely N-dealkylation sites (tertiary alicyclic amines) is 1. The van der Waals surface area contributed by atoms with Crippen LogP contribution in [0, 0.1) is 5.41 Å². The minimum atomic E-state index is -0.736. The summed E-state index contributed by atoms with van der Waals surface area (Å²) in [5.41, 5.74) is -0.0426. The second kappa shape index (κ2) is 5.85. The first-order valence-corrected chi connectivity index (χ1v) is 7.59. The first-order valence-electron chi connectivity index (χ1n) is 7.21. The standard InChI is InChI=1S/C16H23ClN2O2/c1-15(2)11-19(9-8-16(15,3)21)14(20)18-10-12-4-6-13(17)7-5-12/h4-7,21H,8-11H2,1-3H3,(H,18,20)/t16-/m1/s1. The fourth-order valence-corrected chi connectivity index (χ4v) is 2.61. The largest absolute Gasteiger partial charge is 0.389 e. The van der Waals surface area contributed by atoms with Gasteiger partial charge in [0.15, 0.2) is 0 Å².